The molecule has 0 spiro atoms. The van der Waals surface area contributed by atoms with Crippen LogP contribution in [0.2, 0.25) is 0 Å². The van der Waals surface area contributed by atoms with Crippen molar-refractivity contribution in [1.82, 2.24) is 4.57 Å². The molecule has 0 radical (unpaired) electrons. The van der Waals surface area contributed by atoms with Gasteiger partial charge in [0.1, 0.15) is 0 Å². The van der Waals surface area contributed by atoms with E-state index in [9.17, 15) is 0 Å². The molecule has 0 aliphatic carbocycles. The predicted octanol–water partition coefficient (Wildman–Crippen LogP) is 14.4. The Bertz CT molecular complexity index is 2890. The highest BCUT2D eigenvalue weighted by atomic mass is 15.1. The minimum Gasteiger partial charge on any atom is -0.310 e. The van der Waals surface area contributed by atoms with Crippen LogP contribution in [0.3, 0.4) is 0 Å². The van der Waals surface area contributed by atoms with Gasteiger partial charge in [-0.05, 0) is 93.4 Å². The number of anilines is 3. The van der Waals surface area contributed by atoms with Crippen molar-refractivity contribution >= 4 is 49.6 Å². The van der Waals surface area contributed by atoms with Gasteiger partial charge < -0.3 is 9.47 Å². The maximum atomic E-state index is 2.44. The van der Waals surface area contributed by atoms with Crippen LogP contribution < -0.4 is 4.90 Å². The monoisotopic (exact) mass is 688 g/mol. The Balaban J connectivity index is 1.22. The number of hydrogen-bond donors (Lipinski definition) is 0. The lowest BCUT2D eigenvalue weighted by molar-refractivity contribution is 1.18. The van der Waals surface area contributed by atoms with E-state index >= 15 is 0 Å². The number of para-hydroxylation sites is 2. The lowest BCUT2D eigenvalue weighted by Crippen LogP contribution is -2.11. The summed E-state index contributed by atoms with van der Waals surface area (Å²) in [5, 5.41) is 4.87. The minimum absolute atomic E-state index is 1.09. The molecule has 0 bridgehead atoms. The molecule has 54 heavy (non-hydrogen) atoms. The molecule has 9 aromatic carbocycles. The van der Waals surface area contributed by atoms with Gasteiger partial charge in [-0.2, -0.15) is 0 Å². The normalized spacial score (nSPS) is 11.3. The largest absolute Gasteiger partial charge is 0.310 e. The van der Waals surface area contributed by atoms with Crippen molar-refractivity contribution in [3.8, 4) is 39.1 Å². The van der Waals surface area contributed by atoms with Crippen LogP contribution in [0.25, 0.3) is 71.6 Å². The number of hydrogen-bond acceptors (Lipinski definition) is 1. The molecular formula is C52H36N2. The maximum Gasteiger partial charge on any atom is 0.0560 e. The van der Waals surface area contributed by atoms with E-state index in [-0.39, 0.29) is 0 Å². The first-order valence-corrected chi connectivity index (χ1v) is 18.5. The third kappa shape index (κ3) is 5.62. The van der Waals surface area contributed by atoms with Gasteiger partial charge in [-0.15, -0.1) is 0 Å². The molecule has 0 atom stereocenters. The van der Waals surface area contributed by atoms with Crippen molar-refractivity contribution < 1.29 is 0 Å². The van der Waals surface area contributed by atoms with Gasteiger partial charge in [0, 0.05) is 33.2 Å². The molecule has 0 amide bonds. The molecule has 10 aromatic rings. The first kappa shape index (κ1) is 31.6. The van der Waals surface area contributed by atoms with Crippen LogP contribution in [0, 0.1) is 0 Å². The molecule has 254 valence electrons. The van der Waals surface area contributed by atoms with Crippen molar-refractivity contribution in [2.75, 3.05) is 4.90 Å². The van der Waals surface area contributed by atoms with Crippen LogP contribution in [-0.2, 0) is 0 Å². The highest BCUT2D eigenvalue weighted by molar-refractivity contribution is 6.10. The second kappa shape index (κ2) is 13.4. The molecule has 0 saturated carbocycles. The van der Waals surface area contributed by atoms with Crippen molar-refractivity contribution in [2.45, 2.75) is 0 Å². The lowest BCUT2D eigenvalue weighted by atomic mass is 9.98. The van der Waals surface area contributed by atoms with Gasteiger partial charge in [0.2, 0.25) is 0 Å². The standard InChI is InChI=1S/C52H36N2/c1-3-16-37(17-4-1)39-21-13-22-40(32-39)42-24-15-26-45(34-42)53(44-25-14-23-41(33-44)38-18-5-2-6-19-38)52-36-46(35-43-20-7-8-27-47(43)52)54-50-30-11-9-28-48(50)49-29-10-12-31-51(49)54/h1-36H. The lowest BCUT2D eigenvalue weighted by Gasteiger charge is -2.29. The molecule has 10 rings (SSSR count). The summed E-state index contributed by atoms with van der Waals surface area (Å²) in [7, 11) is 0. The molecule has 1 heterocycles. The van der Waals surface area contributed by atoms with E-state index in [1.54, 1.807) is 0 Å². The van der Waals surface area contributed by atoms with Crippen molar-refractivity contribution in [3.05, 3.63) is 218 Å². The zero-order valence-electron chi connectivity index (χ0n) is 29.7. The van der Waals surface area contributed by atoms with Gasteiger partial charge in [0.25, 0.3) is 0 Å². The van der Waals surface area contributed by atoms with Crippen LogP contribution in [-0.4, -0.2) is 4.57 Å². The summed E-state index contributed by atoms with van der Waals surface area (Å²) in [6.45, 7) is 0. The van der Waals surface area contributed by atoms with Crippen molar-refractivity contribution in [1.29, 1.82) is 0 Å². The van der Waals surface area contributed by atoms with E-state index in [0.29, 0.717) is 0 Å². The molecule has 2 nitrogen and oxygen atoms in total. The fourth-order valence-electron chi connectivity index (χ4n) is 8.01. The number of aromatic nitrogens is 1. The van der Waals surface area contributed by atoms with E-state index in [1.807, 2.05) is 0 Å². The van der Waals surface area contributed by atoms with Gasteiger partial charge >= 0.3 is 0 Å². The SMILES string of the molecule is c1ccc(-c2cccc(-c3cccc(N(c4cccc(-c5ccccc5)c4)c4cc(-n5c6ccccc6c6ccccc65)cc5ccccc45)c3)c2)cc1. The van der Waals surface area contributed by atoms with Crippen LogP contribution in [0.1, 0.15) is 0 Å². The molecule has 0 saturated heterocycles. The Morgan fingerprint density at radius 2 is 0.722 bits per heavy atom. The van der Waals surface area contributed by atoms with Crippen molar-refractivity contribution in [3.63, 3.8) is 0 Å². The van der Waals surface area contributed by atoms with E-state index in [0.717, 1.165) is 28.3 Å². The molecule has 0 unspecified atom stereocenters. The fourth-order valence-corrected chi connectivity index (χ4v) is 8.01. The third-order valence-corrected chi connectivity index (χ3v) is 10.5. The summed E-state index contributed by atoms with van der Waals surface area (Å²) in [6, 6.07) is 79.0. The summed E-state index contributed by atoms with van der Waals surface area (Å²) >= 11 is 0. The first-order chi connectivity index (χ1) is 26.8. The van der Waals surface area contributed by atoms with Gasteiger partial charge in [-0.25, -0.2) is 0 Å². The number of nitrogens with zero attached hydrogens (tertiary/aromatic N) is 2. The first-order valence-electron chi connectivity index (χ1n) is 18.5. The highest BCUT2D eigenvalue weighted by Crippen LogP contribution is 2.44. The van der Waals surface area contributed by atoms with Gasteiger partial charge in [0.05, 0.1) is 16.7 Å². The molecule has 1 aromatic heterocycles. The summed E-state index contributed by atoms with van der Waals surface area (Å²) in [5.41, 5.74) is 13.9. The second-order valence-electron chi connectivity index (χ2n) is 13.8. The van der Waals surface area contributed by atoms with E-state index in [4.69, 9.17) is 0 Å². The molecule has 0 N–H and O–H groups in total. The Morgan fingerprint density at radius 3 is 1.31 bits per heavy atom. The zero-order chi connectivity index (χ0) is 35.8. The van der Waals surface area contributed by atoms with E-state index < -0.39 is 0 Å². The van der Waals surface area contributed by atoms with Crippen LogP contribution in [0.5, 0.6) is 0 Å². The van der Waals surface area contributed by atoms with Gasteiger partial charge in [0.15, 0.2) is 0 Å². The van der Waals surface area contributed by atoms with Crippen LogP contribution in [0.4, 0.5) is 17.1 Å². The van der Waals surface area contributed by atoms with Crippen LogP contribution >= 0.6 is 0 Å². The molecule has 0 fully saturated rings. The molecule has 0 aliphatic heterocycles. The number of fused-ring (bicyclic) bond motifs is 4. The molecule has 0 aliphatic rings. The Labute approximate surface area is 315 Å². The predicted molar refractivity (Wildman–Crippen MR) is 229 cm³/mol. The van der Waals surface area contributed by atoms with Gasteiger partial charge in [-0.3, -0.25) is 0 Å². The second-order valence-corrected chi connectivity index (χ2v) is 13.8. The highest BCUT2D eigenvalue weighted by Gasteiger charge is 2.20. The number of rotatable bonds is 7. The van der Waals surface area contributed by atoms with Crippen LogP contribution in [0.15, 0.2) is 218 Å². The topological polar surface area (TPSA) is 8.17 Å². The van der Waals surface area contributed by atoms with E-state index in [2.05, 4.69) is 228 Å². The average molecular weight is 689 g/mol. The van der Waals surface area contributed by atoms with Crippen molar-refractivity contribution in [2.24, 2.45) is 0 Å². The average Bonchev–Trinajstić information content (AvgIpc) is 3.59. The Hall–Kier alpha value is -7.16. The Morgan fingerprint density at radius 1 is 0.296 bits per heavy atom. The summed E-state index contributed by atoms with van der Waals surface area (Å²) < 4.78 is 2.42. The third-order valence-electron chi connectivity index (χ3n) is 10.5. The molecular weight excluding hydrogens is 653 g/mol. The summed E-state index contributed by atoms with van der Waals surface area (Å²) in [5.74, 6) is 0. The minimum atomic E-state index is 1.09. The van der Waals surface area contributed by atoms with E-state index in [1.165, 1.54) is 60.4 Å². The smallest absolute Gasteiger partial charge is 0.0560 e. The Kier molecular flexibility index (Phi) is 7.85. The zero-order valence-corrected chi connectivity index (χ0v) is 29.7. The fraction of sp³-hybridized carbons (Fsp3) is 0. The van der Waals surface area contributed by atoms with Gasteiger partial charge in [-0.1, -0.05) is 164 Å². The molecule has 2 heteroatoms. The number of benzene rings is 9. The summed E-state index contributed by atoms with van der Waals surface area (Å²) in [6.07, 6.45) is 0. The maximum absolute atomic E-state index is 2.44. The summed E-state index contributed by atoms with van der Waals surface area (Å²) in [4.78, 5) is 2.44. The quantitative estimate of drug-likeness (QED) is 0.162.